The number of para-hydroxylation sites is 1. The molecule has 0 bridgehead atoms. The van der Waals surface area contributed by atoms with Crippen molar-refractivity contribution in [3.05, 3.63) is 105 Å². The fourth-order valence-corrected chi connectivity index (χ4v) is 5.77. The third-order valence-electron chi connectivity index (χ3n) is 7.12. The lowest BCUT2D eigenvalue weighted by molar-refractivity contribution is 0.305. The molecule has 44 heavy (non-hydrogen) atoms. The molecule has 0 aliphatic heterocycles. The first-order chi connectivity index (χ1) is 21.5. The summed E-state index contributed by atoms with van der Waals surface area (Å²) in [7, 11) is 0. The van der Waals surface area contributed by atoms with Crippen molar-refractivity contribution in [2.45, 2.75) is 39.5 Å². The van der Waals surface area contributed by atoms with Crippen molar-refractivity contribution in [1.29, 1.82) is 0 Å². The van der Waals surface area contributed by atoms with Crippen molar-refractivity contribution in [3.63, 3.8) is 0 Å². The van der Waals surface area contributed by atoms with Gasteiger partial charge in [-0.1, -0.05) is 55.7 Å². The number of hydrogen-bond donors (Lipinski definition) is 0. The normalized spacial score (nSPS) is 11.8. The second kappa shape index (κ2) is 13.2. The van der Waals surface area contributed by atoms with Crippen molar-refractivity contribution >= 4 is 22.4 Å². The summed E-state index contributed by atoms with van der Waals surface area (Å²) in [6.07, 6.45) is 8.19. The molecule has 8 nitrogen and oxygen atoms in total. The van der Waals surface area contributed by atoms with Gasteiger partial charge in [-0.15, -0.1) is 5.10 Å². The van der Waals surface area contributed by atoms with E-state index in [1.54, 1.807) is 29.8 Å². The Bertz CT molecular complexity index is 1980. The summed E-state index contributed by atoms with van der Waals surface area (Å²) in [5.74, 6) is 0.966. The maximum atomic E-state index is 14.8. The zero-order valence-corrected chi connectivity index (χ0v) is 25.4. The highest BCUT2D eigenvalue weighted by molar-refractivity contribution is 7.15. The van der Waals surface area contributed by atoms with E-state index >= 15 is 0 Å². The molecule has 6 aromatic rings. The van der Waals surface area contributed by atoms with Gasteiger partial charge in [0.2, 0.25) is 4.96 Å². The Morgan fingerprint density at radius 3 is 2.43 bits per heavy atom. The molecule has 6 rings (SSSR count). The van der Waals surface area contributed by atoms with E-state index in [0.717, 1.165) is 29.8 Å². The van der Waals surface area contributed by atoms with Crippen LogP contribution in [0.3, 0.4) is 0 Å². The number of hydrogen-bond acceptors (Lipinski definition) is 7. The number of unbranched alkanes of at least 4 members (excludes halogenated alkanes) is 3. The number of thiazole rings is 1. The molecule has 0 aliphatic carbocycles. The van der Waals surface area contributed by atoms with Crippen molar-refractivity contribution in [2.75, 3.05) is 13.2 Å². The Morgan fingerprint density at radius 1 is 0.909 bits per heavy atom. The van der Waals surface area contributed by atoms with Gasteiger partial charge in [-0.3, -0.25) is 4.79 Å². The predicted molar refractivity (Wildman–Crippen MR) is 171 cm³/mol. The topological polar surface area (TPSA) is 83.5 Å². The fourth-order valence-electron chi connectivity index (χ4n) is 4.87. The molecule has 0 N–H and O–H groups in total. The van der Waals surface area contributed by atoms with Gasteiger partial charge in [0.05, 0.1) is 23.4 Å². The SMILES string of the molecule is CCCCCCOc1ccc(-c2nc3s/c(=C\c4cn(-c5ccccc5)nc4-c4ccc(OCC)c(F)c4)c(=O)n3n2)cc1. The number of rotatable bonds is 12. The highest BCUT2D eigenvalue weighted by atomic mass is 32.1. The largest absolute Gasteiger partial charge is 0.494 e. The molecule has 10 heteroatoms. The van der Waals surface area contributed by atoms with Gasteiger partial charge in [0.15, 0.2) is 17.4 Å². The molecule has 0 amide bonds. The molecule has 3 aromatic heterocycles. The lowest BCUT2D eigenvalue weighted by atomic mass is 10.1. The summed E-state index contributed by atoms with van der Waals surface area (Å²) < 4.78 is 29.5. The Hall–Kier alpha value is -4.83. The van der Waals surface area contributed by atoms with Crippen LogP contribution in [0.25, 0.3) is 39.4 Å². The van der Waals surface area contributed by atoms with Crippen molar-refractivity contribution in [3.8, 4) is 39.8 Å². The van der Waals surface area contributed by atoms with Crippen LogP contribution in [0.5, 0.6) is 11.5 Å². The highest BCUT2D eigenvalue weighted by Crippen LogP contribution is 2.29. The first-order valence-electron chi connectivity index (χ1n) is 14.8. The quantitative estimate of drug-likeness (QED) is 0.143. The minimum Gasteiger partial charge on any atom is -0.494 e. The molecule has 0 saturated heterocycles. The van der Waals surface area contributed by atoms with Crippen LogP contribution in [0.15, 0.2) is 83.8 Å². The first kappa shape index (κ1) is 29.3. The molecule has 3 aromatic carbocycles. The van der Waals surface area contributed by atoms with Gasteiger partial charge in [0, 0.05) is 22.9 Å². The Kier molecular flexibility index (Phi) is 8.79. The predicted octanol–water partition coefficient (Wildman–Crippen LogP) is 6.72. The molecule has 3 heterocycles. The van der Waals surface area contributed by atoms with E-state index in [1.165, 1.54) is 34.8 Å². The maximum absolute atomic E-state index is 14.8. The summed E-state index contributed by atoms with van der Waals surface area (Å²) in [5, 5.41) is 9.26. The third kappa shape index (κ3) is 6.26. The van der Waals surface area contributed by atoms with E-state index in [9.17, 15) is 9.18 Å². The van der Waals surface area contributed by atoms with Gasteiger partial charge >= 0.3 is 0 Å². The lowest BCUT2D eigenvalue weighted by Crippen LogP contribution is -2.23. The van der Waals surface area contributed by atoms with Crippen LogP contribution in [-0.2, 0) is 0 Å². The number of aromatic nitrogens is 5. The zero-order chi connectivity index (χ0) is 30.5. The molecule has 0 unspecified atom stereocenters. The van der Waals surface area contributed by atoms with Crippen LogP contribution >= 0.6 is 11.3 Å². The molecule has 0 atom stereocenters. The molecular weight excluding hydrogens is 577 g/mol. The van der Waals surface area contributed by atoms with Crippen LogP contribution in [0, 0.1) is 5.82 Å². The molecule has 0 aliphatic rings. The van der Waals surface area contributed by atoms with Crippen LogP contribution < -0.4 is 19.6 Å². The Morgan fingerprint density at radius 2 is 1.70 bits per heavy atom. The van der Waals surface area contributed by atoms with E-state index in [0.29, 0.717) is 45.4 Å². The number of nitrogens with zero attached hydrogens (tertiary/aromatic N) is 5. The monoisotopic (exact) mass is 609 g/mol. The van der Waals surface area contributed by atoms with E-state index in [4.69, 9.17) is 14.6 Å². The number of fused-ring (bicyclic) bond motifs is 1. The van der Waals surface area contributed by atoms with Crippen LogP contribution in [0.1, 0.15) is 45.1 Å². The van der Waals surface area contributed by atoms with Gasteiger partial charge in [-0.2, -0.15) is 14.6 Å². The molecule has 224 valence electrons. The number of halogens is 1. The summed E-state index contributed by atoms with van der Waals surface area (Å²) in [4.78, 5) is 18.5. The van der Waals surface area contributed by atoms with E-state index in [1.807, 2.05) is 60.8 Å². The van der Waals surface area contributed by atoms with Gasteiger partial charge < -0.3 is 9.47 Å². The van der Waals surface area contributed by atoms with Crippen LogP contribution in [-0.4, -0.2) is 37.6 Å². The van der Waals surface area contributed by atoms with Gasteiger partial charge in [-0.05, 0) is 74.0 Å². The molecular formula is C34H32FN5O3S. The zero-order valence-electron chi connectivity index (χ0n) is 24.6. The highest BCUT2D eigenvalue weighted by Gasteiger charge is 2.16. The van der Waals surface area contributed by atoms with Crippen molar-refractivity contribution < 1.29 is 13.9 Å². The van der Waals surface area contributed by atoms with Gasteiger partial charge in [0.25, 0.3) is 5.56 Å². The standard InChI is InChI=1S/C34H32FN5O3S/c1-3-5-6-10-19-43-27-16-13-23(14-17-27)32-36-34-40(38-32)33(41)30(44-34)21-25-22-39(26-11-8-7-9-12-26)37-31(25)24-15-18-29(42-4-2)28(35)20-24/h7-9,11-18,20-22H,3-6,10,19H2,1-2H3/b30-21-. The lowest BCUT2D eigenvalue weighted by Gasteiger charge is -2.06. The second-order valence-electron chi connectivity index (χ2n) is 10.3. The number of benzene rings is 3. The minimum absolute atomic E-state index is 0.178. The average molecular weight is 610 g/mol. The Balaban J connectivity index is 1.31. The first-order valence-corrected chi connectivity index (χ1v) is 15.6. The van der Waals surface area contributed by atoms with Crippen LogP contribution in [0.2, 0.25) is 0 Å². The average Bonchev–Trinajstić information content (AvgIpc) is 3.74. The summed E-state index contributed by atoms with van der Waals surface area (Å²) in [6, 6.07) is 22.0. The van der Waals surface area contributed by atoms with Crippen LogP contribution in [0.4, 0.5) is 4.39 Å². The molecule has 0 radical (unpaired) electrons. The smallest absolute Gasteiger partial charge is 0.291 e. The molecule has 0 fully saturated rings. The van der Waals surface area contributed by atoms with Gasteiger partial charge in [-0.25, -0.2) is 9.07 Å². The molecule has 0 saturated carbocycles. The Labute approximate surface area is 258 Å². The second-order valence-corrected chi connectivity index (χ2v) is 11.3. The van der Waals surface area contributed by atoms with E-state index < -0.39 is 5.82 Å². The minimum atomic E-state index is -0.480. The van der Waals surface area contributed by atoms with Crippen molar-refractivity contribution in [1.82, 2.24) is 24.4 Å². The van der Waals surface area contributed by atoms with E-state index in [2.05, 4.69) is 17.0 Å². The van der Waals surface area contributed by atoms with Crippen molar-refractivity contribution in [2.24, 2.45) is 0 Å². The maximum Gasteiger partial charge on any atom is 0.291 e. The molecule has 0 spiro atoms. The fraction of sp³-hybridized carbons (Fsp3) is 0.235. The number of ether oxygens (including phenoxy) is 2. The third-order valence-corrected chi connectivity index (χ3v) is 8.08. The van der Waals surface area contributed by atoms with E-state index in [-0.39, 0.29) is 11.3 Å². The summed E-state index contributed by atoms with van der Waals surface area (Å²) in [5.41, 5.74) is 3.10. The summed E-state index contributed by atoms with van der Waals surface area (Å²) in [6.45, 7) is 5.04. The summed E-state index contributed by atoms with van der Waals surface area (Å²) >= 11 is 1.24. The van der Waals surface area contributed by atoms with Gasteiger partial charge in [0.1, 0.15) is 11.4 Å².